The molecular weight excluding hydrogens is 253 g/mol. The molecule has 5 heteroatoms. The third-order valence-corrected chi connectivity index (χ3v) is 3.97. The molecule has 0 aliphatic heterocycles. The number of nitrogens with zero attached hydrogens (tertiary/aromatic N) is 1. The van der Waals surface area contributed by atoms with Crippen molar-refractivity contribution >= 4 is 0 Å². The number of rotatable bonds is 8. The number of alkyl halides is 3. The number of hydrogen-bond acceptors (Lipinski definition) is 2. The zero-order valence-electron chi connectivity index (χ0n) is 12.2. The Labute approximate surface area is 114 Å². The average molecular weight is 280 g/mol. The first-order chi connectivity index (χ1) is 8.87. The lowest BCUT2D eigenvalue weighted by atomic mass is 9.85. The van der Waals surface area contributed by atoms with E-state index in [0.717, 1.165) is 38.9 Å². The Morgan fingerprint density at radius 1 is 1.21 bits per heavy atom. The Hall–Kier alpha value is -0.290. The molecule has 0 aromatic heterocycles. The molecule has 0 heterocycles. The van der Waals surface area contributed by atoms with E-state index in [1.165, 1.54) is 12.8 Å². The SMILES string of the molecule is CCCNCC1(CN(C)CCC(F)(F)F)CCCC1. The lowest BCUT2D eigenvalue weighted by Crippen LogP contribution is -2.42. The van der Waals surface area contributed by atoms with Crippen LogP contribution in [0.15, 0.2) is 0 Å². The Kier molecular flexibility index (Phi) is 6.60. The Bertz CT molecular complexity index is 248. The summed E-state index contributed by atoms with van der Waals surface area (Å²) < 4.78 is 36.7. The second-order valence-corrected chi connectivity index (χ2v) is 5.99. The summed E-state index contributed by atoms with van der Waals surface area (Å²) in [6.07, 6.45) is 1.04. The molecule has 0 radical (unpaired) electrons. The van der Waals surface area contributed by atoms with E-state index >= 15 is 0 Å². The minimum atomic E-state index is -4.04. The highest BCUT2D eigenvalue weighted by Gasteiger charge is 2.35. The Morgan fingerprint density at radius 3 is 2.37 bits per heavy atom. The first kappa shape index (κ1) is 16.8. The van der Waals surface area contributed by atoms with E-state index in [2.05, 4.69) is 12.2 Å². The molecule has 0 aromatic carbocycles. The van der Waals surface area contributed by atoms with Crippen LogP contribution in [0.3, 0.4) is 0 Å². The third kappa shape index (κ3) is 6.61. The molecule has 0 unspecified atom stereocenters. The molecule has 0 amide bonds. The standard InChI is InChI=1S/C14H27F3N2/c1-3-9-18-11-13(6-4-5-7-13)12-19(2)10-8-14(15,16)17/h18H,3-12H2,1-2H3. The van der Waals surface area contributed by atoms with Gasteiger partial charge in [-0.15, -0.1) is 0 Å². The molecule has 1 saturated carbocycles. The topological polar surface area (TPSA) is 15.3 Å². The largest absolute Gasteiger partial charge is 0.390 e. The summed E-state index contributed by atoms with van der Waals surface area (Å²) in [5.74, 6) is 0. The first-order valence-corrected chi connectivity index (χ1v) is 7.33. The maximum Gasteiger partial charge on any atom is 0.390 e. The lowest BCUT2D eigenvalue weighted by molar-refractivity contribution is -0.138. The monoisotopic (exact) mass is 280 g/mol. The van der Waals surface area contributed by atoms with Gasteiger partial charge in [0.05, 0.1) is 6.42 Å². The van der Waals surface area contributed by atoms with E-state index in [1.807, 2.05) is 11.9 Å². The second-order valence-electron chi connectivity index (χ2n) is 5.99. The molecule has 0 aromatic rings. The zero-order valence-corrected chi connectivity index (χ0v) is 12.2. The van der Waals surface area contributed by atoms with Crippen molar-refractivity contribution in [3.05, 3.63) is 0 Å². The van der Waals surface area contributed by atoms with Crippen molar-refractivity contribution in [1.82, 2.24) is 10.2 Å². The van der Waals surface area contributed by atoms with Gasteiger partial charge in [-0.1, -0.05) is 19.8 Å². The van der Waals surface area contributed by atoms with Crippen molar-refractivity contribution < 1.29 is 13.2 Å². The quantitative estimate of drug-likeness (QED) is 0.685. The molecule has 1 rings (SSSR count). The maximum atomic E-state index is 12.2. The van der Waals surface area contributed by atoms with Crippen molar-refractivity contribution in [1.29, 1.82) is 0 Å². The minimum absolute atomic E-state index is 0.110. The fourth-order valence-corrected chi connectivity index (χ4v) is 3.02. The van der Waals surface area contributed by atoms with Gasteiger partial charge in [0, 0.05) is 19.6 Å². The van der Waals surface area contributed by atoms with Crippen LogP contribution in [0.25, 0.3) is 0 Å². The number of nitrogens with one attached hydrogen (secondary N) is 1. The highest BCUT2D eigenvalue weighted by Crippen LogP contribution is 2.38. The molecule has 0 bridgehead atoms. The van der Waals surface area contributed by atoms with Crippen molar-refractivity contribution in [2.45, 2.75) is 51.6 Å². The smallest absolute Gasteiger partial charge is 0.316 e. The molecule has 19 heavy (non-hydrogen) atoms. The summed E-state index contributed by atoms with van der Waals surface area (Å²) in [6, 6.07) is 0. The van der Waals surface area contributed by atoms with Gasteiger partial charge in [-0.2, -0.15) is 13.2 Å². The maximum absolute atomic E-state index is 12.2. The molecule has 1 fully saturated rings. The number of halogens is 3. The van der Waals surface area contributed by atoms with Crippen LogP contribution in [0.4, 0.5) is 13.2 Å². The molecule has 2 nitrogen and oxygen atoms in total. The van der Waals surface area contributed by atoms with E-state index < -0.39 is 12.6 Å². The van der Waals surface area contributed by atoms with Gasteiger partial charge < -0.3 is 10.2 Å². The van der Waals surface area contributed by atoms with Crippen molar-refractivity contribution in [3.8, 4) is 0 Å². The number of hydrogen-bond donors (Lipinski definition) is 1. The molecule has 0 spiro atoms. The van der Waals surface area contributed by atoms with Crippen LogP contribution in [0.2, 0.25) is 0 Å². The highest BCUT2D eigenvalue weighted by atomic mass is 19.4. The van der Waals surface area contributed by atoms with Gasteiger partial charge in [-0.05, 0) is 38.3 Å². The summed E-state index contributed by atoms with van der Waals surface area (Å²) in [5, 5.41) is 3.45. The first-order valence-electron chi connectivity index (χ1n) is 7.33. The van der Waals surface area contributed by atoms with Crippen LogP contribution >= 0.6 is 0 Å². The Balaban J connectivity index is 2.39. The van der Waals surface area contributed by atoms with Crippen molar-refractivity contribution in [2.75, 3.05) is 33.2 Å². The van der Waals surface area contributed by atoms with Crippen molar-refractivity contribution in [3.63, 3.8) is 0 Å². The van der Waals surface area contributed by atoms with Gasteiger partial charge in [0.2, 0.25) is 0 Å². The molecule has 1 aliphatic carbocycles. The van der Waals surface area contributed by atoms with E-state index in [4.69, 9.17) is 0 Å². The second kappa shape index (κ2) is 7.48. The predicted octanol–water partition coefficient (Wildman–Crippen LogP) is 3.43. The van der Waals surface area contributed by atoms with E-state index in [1.54, 1.807) is 0 Å². The van der Waals surface area contributed by atoms with E-state index in [0.29, 0.717) is 0 Å². The van der Waals surface area contributed by atoms with E-state index in [-0.39, 0.29) is 12.0 Å². The van der Waals surface area contributed by atoms with E-state index in [9.17, 15) is 13.2 Å². The van der Waals surface area contributed by atoms with Crippen LogP contribution in [-0.2, 0) is 0 Å². The fourth-order valence-electron chi connectivity index (χ4n) is 3.02. The summed E-state index contributed by atoms with van der Waals surface area (Å²) in [7, 11) is 1.81. The third-order valence-electron chi connectivity index (χ3n) is 3.97. The van der Waals surface area contributed by atoms with Gasteiger partial charge in [0.25, 0.3) is 0 Å². The zero-order chi connectivity index (χ0) is 14.4. The normalized spacial score (nSPS) is 19.3. The average Bonchev–Trinajstić information content (AvgIpc) is 2.75. The summed E-state index contributed by atoms with van der Waals surface area (Å²) in [6.45, 7) is 4.95. The van der Waals surface area contributed by atoms with Crippen LogP contribution < -0.4 is 5.32 Å². The van der Waals surface area contributed by atoms with Crippen LogP contribution in [0, 0.1) is 5.41 Å². The highest BCUT2D eigenvalue weighted by molar-refractivity contribution is 4.89. The summed E-state index contributed by atoms with van der Waals surface area (Å²) in [4.78, 5) is 1.85. The minimum Gasteiger partial charge on any atom is -0.316 e. The lowest BCUT2D eigenvalue weighted by Gasteiger charge is -2.34. The van der Waals surface area contributed by atoms with Crippen LogP contribution in [0.1, 0.15) is 45.4 Å². The summed E-state index contributed by atoms with van der Waals surface area (Å²) in [5.41, 5.74) is 0.190. The fraction of sp³-hybridized carbons (Fsp3) is 1.00. The summed E-state index contributed by atoms with van der Waals surface area (Å²) >= 11 is 0. The van der Waals surface area contributed by atoms with Gasteiger partial charge in [0.15, 0.2) is 0 Å². The molecule has 0 atom stereocenters. The van der Waals surface area contributed by atoms with Gasteiger partial charge in [0.1, 0.15) is 0 Å². The molecule has 114 valence electrons. The van der Waals surface area contributed by atoms with Gasteiger partial charge >= 0.3 is 6.18 Å². The van der Waals surface area contributed by atoms with Gasteiger partial charge in [-0.3, -0.25) is 0 Å². The van der Waals surface area contributed by atoms with Crippen molar-refractivity contribution in [2.24, 2.45) is 5.41 Å². The molecule has 0 saturated heterocycles. The molecule has 1 N–H and O–H groups in total. The molecule has 1 aliphatic rings. The van der Waals surface area contributed by atoms with Crippen LogP contribution in [-0.4, -0.2) is 44.3 Å². The Morgan fingerprint density at radius 2 is 1.84 bits per heavy atom. The van der Waals surface area contributed by atoms with Gasteiger partial charge in [-0.25, -0.2) is 0 Å². The predicted molar refractivity (Wildman–Crippen MR) is 72.2 cm³/mol. The van der Waals surface area contributed by atoms with Crippen LogP contribution in [0.5, 0.6) is 0 Å². The molecular formula is C14H27F3N2.